The van der Waals surface area contributed by atoms with Crippen LogP contribution in [0.25, 0.3) is 11.4 Å². The summed E-state index contributed by atoms with van der Waals surface area (Å²) >= 11 is 11.2. The maximum atomic E-state index is 10.7. The number of halogens is 1. The predicted molar refractivity (Wildman–Crippen MR) is 93.9 cm³/mol. The van der Waals surface area contributed by atoms with Gasteiger partial charge in [-0.3, -0.25) is 10.1 Å². The SMILES string of the molecule is O=[N+]([O-])c1ccc(C=Nn2c(-c3cccc(Cl)c3)n[nH]c2=S)cc1. The molecule has 3 aromatic rings. The molecule has 0 amide bonds. The molecule has 0 unspecified atom stereocenters. The molecule has 1 aromatic heterocycles. The molecule has 7 nitrogen and oxygen atoms in total. The minimum atomic E-state index is -0.454. The third kappa shape index (κ3) is 3.39. The number of non-ortho nitro benzene ring substituents is 1. The van der Waals surface area contributed by atoms with Gasteiger partial charge in [-0.1, -0.05) is 23.7 Å². The first-order chi connectivity index (χ1) is 11.5. The monoisotopic (exact) mass is 359 g/mol. The summed E-state index contributed by atoms with van der Waals surface area (Å²) in [6.45, 7) is 0. The topological polar surface area (TPSA) is 89.1 Å². The lowest BCUT2D eigenvalue weighted by Gasteiger charge is -2.01. The largest absolute Gasteiger partial charge is 0.269 e. The number of nitrogens with zero attached hydrogens (tertiary/aromatic N) is 4. The van der Waals surface area contributed by atoms with Gasteiger partial charge in [-0.15, -0.1) is 0 Å². The van der Waals surface area contributed by atoms with Crippen LogP contribution in [0.4, 0.5) is 5.69 Å². The third-order valence-corrected chi connectivity index (χ3v) is 3.66. The maximum Gasteiger partial charge on any atom is 0.269 e. The van der Waals surface area contributed by atoms with Crippen molar-refractivity contribution in [1.82, 2.24) is 14.9 Å². The second-order valence-corrected chi connectivity index (χ2v) is 5.59. The minimum Gasteiger partial charge on any atom is -0.258 e. The molecule has 0 saturated heterocycles. The molecule has 9 heteroatoms. The Hall–Kier alpha value is -2.84. The van der Waals surface area contributed by atoms with Crippen LogP contribution in [-0.4, -0.2) is 26.0 Å². The smallest absolute Gasteiger partial charge is 0.258 e. The van der Waals surface area contributed by atoms with Crippen molar-refractivity contribution in [2.45, 2.75) is 0 Å². The van der Waals surface area contributed by atoms with Crippen LogP contribution in [0.3, 0.4) is 0 Å². The zero-order valence-electron chi connectivity index (χ0n) is 12.1. The Morgan fingerprint density at radius 3 is 2.71 bits per heavy atom. The van der Waals surface area contributed by atoms with Crippen LogP contribution in [-0.2, 0) is 0 Å². The highest BCUT2D eigenvalue weighted by Crippen LogP contribution is 2.21. The summed E-state index contributed by atoms with van der Waals surface area (Å²) in [4.78, 5) is 10.2. The highest BCUT2D eigenvalue weighted by atomic mass is 35.5. The van der Waals surface area contributed by atoms with Crippen molar-refractivity contribution in [3.63, 3.8) is 0 Å². The molecule has 0 aliphatic carbocycles. The molecule has 24 heavy (non-hydrogen) atoms. The fourth-order valence-corrected chi connectivity index (χ4v) is 2.39. The molecular weight excluding hydrogens is 350 g/mol. The van der Waals surface area contributed by atoms with Crippen LogP contribution < -0.4 is 0 Å². The summed E-state index contributed by atoms with van der Waals surface area (Å²) in [7, 11) is 0. The van der Waals surface area contributed by atoms with Crippen LogP contribution >= 0.6 is 23.8 Å². The van der Waals surface area contributed by atoms with Gasteiger partial charge >= 0.3 is 0 Å². The van der Waals surface area contributed by atoms with E-state index in [0.29, 0.717) is 21.2 Å². The lowest BCUT2D eigenvalue weighted by atomic mass is 10.2. The number of hydrogen-bond acceptors (Lipinski definition) is 5. The fraction of sp³-hybridized carbons (Fsp3) is 0. The number of nitro benzene ring substituents is 1. The standard InChI is InChI=1S/C15H10ClN5O2S/c16-12-3-1-2-11(8-12)14-18-19-15(24)20(14)17-9-10-4-6-13(7-5-10)21(22)23/h1-9H,(H,19,24). The Bertz CT molecular complexity index is 978. The van der Waals surface area contributed by atoms with Crippen LogP contribution in [0, 0.1) is 14.9 Å². The first-order valence-electron chi connectivity index (χ1n) is 6.77. The maximum absolute atomic E-state index is 10.7. The molecular formula is C15H10ClN5O2S. The van der Waals surface area contributed by atoms with Gasteiger partial charge in [0.1, 0.15) is 0 Å². The van der Waals surface area contributed by atoms with Gasteiger partial charge in [0.2, 0.25) is 4.77 Å². The van der Waals surface area contributed by atoms with E-state index in [-0.39, 0.29) is 5.69 Å². The van der Waals surface area contributed by atoms with E-state index in [0.717, 1.165) is 5.56 Å². The number of rotatable bonds is 4. The summed E-state index contributed by atoms with van der Waals surface area (Å²) < 4.78 is 1.78. The highest BCUT2D eigenvalue weighted by Gasteiger charge is 2.08. The minimum absolute atomic E-state index is 0.0201. The Labute approximate surface area is 146 Å². The normalized spacial score (nSPS) is 11.0. The summed E-state index contributed by atoms with van der Waals surface area (Å²) in [5.74, 6) is 0.515. The van der Waals surface area contributed by atoms with Gasteiger partial charge in [0.15, 0.2) is 5.82 Å². The molecule has 120 valence electrons. The number of aromatic nitrogens is 3. The van der Waals surface area contributed by atoms with E-state index in [2.05, 4.69) is 15.3 Å². The van der Waals surface area contributed by atoms with Crippen molar-refractivity contribution in [3.05, 3.63) is 74.0 Å². The average molecular weight is 360 g/mol. The molecule has 0 saturated carbocycles. The quantitative estimate of drug-likeness (QED) is 0.329. The molecule has 1 N–H and O–H groups in total. The van der Waals surface area contributed by atoms with Crippen LogP contribution in [0.1, 0.15) is 5.56 Å². The first kappa shape index (κ1) is 16.0. The molecule has 1 heterocycles. The van der Waals surface area contributed by atoms with Crippen molar-refractivity contribution in [2.75, 3.05) is 0 Å². The van der Waals surface area contributed by atoms with Crippen molar-refractivity contribution in [3.8, 4) is 11.4 Å². The van der Waals surface area contributed by atoms with Crippen molar-refractivity contribution < 1.29 is 4.92 Å². The summed E-state index contributed by atoms with van der Waals surface area (Å²) in [6.07, 6.45) is 1.54. The number of hydrogen-bond donors (Lipinski definition) is 1. The summed E-state index contributed by atoms with van der Waals surface area (Å²) in [5, 5.41) is 22.4. The molecule has 0 radical (unpaired) electrons. The number of benzene rings is 2. The average Bonchev–Trinajstić information content (AvgIpc) is 2.94. The lowest BCUT2D eigenvalue weighted by Crippen LogP contribution is -1.95. The molecule has 3 rings (SSSR count). The Morgan fingerprint density at radius 1 is 1.29 bits per heavy atom. The van der Waals surface area contributed by atoms with Crippen molar-refractivity contribution in [2.24, 2.45) is 5.10 Å². The van der Waals surface area contributed by atoms with Gasteiger partial charge in [0, 0.05) is 22.7 Å². The van der Waals surface area contributed by atoms with Crippen molar-refractivity contribution >= 4 is 35.7 Å². The van der Waals surface area contributed by atoms with Gasteiger partial charge in [-0.05, 0) is 42.0 Å². The second kappa shape index (κ2) is 6.73. The molecule has 0 atom stereocenters. The van der Waals surface area contributed by atoms with Gasteiger partial charge in [-0.2, -0.15) is 14.9 Å². The van der Waals surface area contributed by atoms with E-state index < -0.39 is 4.92 Å². The Morgan fingerprint density at radius 2 is 2.04 bits per heavy atom. The summed E-state index contributed by atoms with van der Waals surface area (Å²) in [6, 6.07) is 13.2. The number of aromatic amines is 1. The fourth-order valence-electron chi connectivity index (χ4n) is 2.02. The van der Waals surface area contributed by atoms with Gasteiger partial charge in [0.25, 0.3) is 5.69 Å². The molecule has 0 fully saturated rings. The lowest BCUT2D eigenvalue weighted by molar-refractivity contribution is -0.384. The van der Waals surface area contributed by atoms with Crippen molar-refractivity contribution in [1.29, 1.82) is 0 Å². The van der Waals surface area contributed by atoms with E-state index in [4.69, 9.17) is 23.8 Å². The van der Waals surface area contributed by atoms with E-state index in [1.54, 1.807) is 36.5 Å². The van der Waals surface area contributed by atoms with E-state index >= 15 is 0 Å². The number of nitro groups is 1. The zero-order valence-corrected chi connectivity index (χ0v) is 13.7. The Balaban J connectivity index is 1.94. The first-order valence-corrected chi connectivity index (χ1v) is 7.55. The molecule has 0 bridgehead atoms. The second-order valence-electron chi connectivity index (χ2n) is 4.77. The van der Waals surface area contributed by atoms with E-state index in [1.165, 1.54) is 16.8 Å². The molecule has 0 aliphatic heterocycles. The molecule has 2 aromatic carbocycles. The highest BCUT2D eigenvalue weighted by molar-refractivity contribution is 7.71. The zero-order chi connectivity index (χ0) is 17.1. The van der Waals surface area contributed by atoms with E-state index in [1.807, 2.05) is 6.07 Å². The molecule has 0 aliphatic rings. The number of nitrogens with one attached hydrogen (secondary N) is 1. The Kier molecular flexibility index (Phi) is 4.50. The van der Waals surface area contributed by atoms with Crippen LogP contribution in [0.5, 0.6) is 0 Å². The summed E-state index contributed by atoms with van der Waals surface area (Å²) in [5.41, 5.74) is 1.48. The number of H-pyrrole nitrogens is 1. The molecule has 0 spiro atoms. The predicted octanol–water partition coefficient (Wildman–Crippen LogP) is 4.05. The van der Waals surface area contributed by atoms with Gasteiger partial charge < -0.3 is 0 Å². The van der Waals surface area contributed by atoms with Crippen LogP contribution in [0.2, 0.25) is 5.02 Å². The van der Waals surface area contributed by atoms with Gasteiger partial charge in [0.05, 0.1) is 11.1 Å². The van der Waals surface area contributed by atoms with E-state index in [9.17, 15) is 10.1 Å². The third-order valence-electron chi connectivity index (χ3n) is 3.16. The van der Waals surface area contributed by atoms with Crippen LogP contribution in [0.15, 0.2) is 53.6 Å². The van der Waals surface area contributed by atoms with Gasteiger partial charge in [-0.25, -0.2) is 5.10 Å².